The minimum atomic E-state index is -0.0663. The first-order valence-electron chi connectivity index (χ1n) is 7.84. The normalized spacial score (nSPS) is 24.8. The van der Waals surface area contributed by atoms with E-state index in [4.69, 9.17) is 15.2 Å². The van der Waals surface area contributed by atoms with Gasteiger partial charge in [0.1, 0.15) is 5.75 Å². The minimum Gasteiger partial charge on any atom is -0.494 e. The molecule has 21 heavy (non-hydrogen) atoms. The van der Waals surface area contributed by atoms with Crippen molar-refractivity contribution in [1.29, 1.82) is 0 Å². The molecule has 1 aromatic carbocycles. The fourth-order valence-electron chi connectivity index (χ4n) is 3.15. The molecule has 0 radical (unpaired) electrons. The van der Waals surface area contributed by atoms with Crippen LogP contribution in [0.15, 0.2) is 24.3 Å². The highest BCUT2D eigenvalue weighted by Gasteiger charge is 2.34. The van der Waals surface area contributed by atoms with Gasteiger partial charge in [-0.2, -0.15) is 0 Å². The zero-order valence-corrected chi connectivity index (χ0v) is 13.5. The van der Waals surface area contributed by atoms with E-state index in [9.17, 15) is 0 Å². The van der Waals surface area contributed by atoms with Gasteiger partial charge in [0.15, 0.2) is 0 Å². The van der Waals surface area contributed by atoms with Crippen LogP contribution in [0.3, 0.4) is 0 Å². The van der Waals surface area contributed by atoms with E-state index in [0.717, 1.165) is 31.7 Å². The Morgan fingerprint density at radius 2 is 2.24 bits per heavy atom. The molecule has 1 aromatic rings. The summed E-state index contributed by atoms with van der Waals surface area (Å²) >= 11 is 0. The van der Waals surface area contributed by atoms with Crippen molar-refractivity contribution in [3.05, 3.63) is 29.8 Å². The van der Waals surface area contributed by atoms with Crippen molar-refractivity contribution in [2.24, 2.45) is 5.73 Å². The number of nitrogens with zero attached hydrogens (tertiary/aromatic N) is 1. The summed E-state index contributed by atoms with van der Waals surface area (Å²) in [4.78, 5) is 2.44. The van der Waals surface area contributed by atoms with E-state index >= 15 is 0 Å². The summed E-state index contributed by atoms with van der Waals surface area (Å²) in [5.41, 5.74) is 7.23. The van der Waals surface area contributed by atoms with Crippen molar-refractivity contribution in [2.45, 2.75) is 38.3 Å². The maximum Gasteiger partial charge on any atom is 0.119 e. The van der Waals surface area contributed by atoms with Crippen molar-refractivity contribution in [3.8, 4) is 5.75 Å². The Balaban J connectivity index is 2.17. The molecule has 2 N–H and O–H groups in total. The number of likely N-dealkylation sites (tertiary alicyclic amines) is 1. The van der Waals surface area contributed by atoms with Crippen molar-refractivity contribution in [2.75, 3.05) is 33.4 Å². The summed E-state index contributed by atoms with van der Waals surface area (Å²) < 4.78 is 11.3. The molecule has 0 bridgehead atoms. The van der Waals surface area contributed by atoms with E-state index in [-0.39, 0.29) is 11.6 Å². The molecule has 2 atom stereocenters. The van der Waals surface area contributed by atoms with Gasteiger partial charge in [0.05, 0.1) is 12.2 Å². The van der Waals surface area contributed by atoms with Crippen LogP contribution in [-0.2, 0) is 4.74 Å². The molecule has 0 spiro atoms. The number of piperidine rings is 1. The standard InChI is InChI=1S/C17H28N2O2/c1-4-21-15-8-5-7-14(11-15)16(12-18)19-10-6-9-17(2,13-19)20-3/h5,7-8,11,16H,4,6,9-10,12-13,18H2,1-3H3. The van der Waals surface area contributed by atoms with Crippen LogP contribution in [0.1, 0.15) is 38.3 Å². The number of ether oxygens (including phenoxy) is 2. The lowest BCUT2D eigenvalue weighted by atomic mass is 9.92. The lowest BCUT2D eigenvalue weighted by molar-refractivity contribution is -0.0608. The van der Waals surface area contributed by atoms with Gasteiger partial charge in [-0.1, -0.05) is 12.1 Å². The van der Waals surface area contributed by atoms with Gasteiger partial charge in [0, 0.05) is 26.2 Å². The second kappa shape index (κ2) is 7.25. The Kier molecular flexibility index (Phi) is 5.62. The van der Waals surface area contributed by atoms with E-state index in [1.54, 1.807) is 7.11 Å². The second-order valence-electron chi connectivity index (χ2n) is 5.99. The molecule has 118 valence electrons. The van der Waals surface area contributed by atoms with Crippen LogP contribution in [0.5, 0.6) is 5.75 Å². The molecular weight excluding hydrogens is 264 g/mol. The van der Waals surface area contributed by atoms with Gasteiger partial charge in [-0.15, -0.1) is 0 Å². The minimum absolute atomic E-state index is 0.0663. The number of rotatable bonds is 6. The van der Waals surface area contributed by atoms with E-state index in [0.29, 0.717) is 13.2 Å². The maximum absolute atomic E-state index is 6.07. The van der Waals surface area contributed by atoms with E-state index in [1.165, 1.54) is 5.56 Å². The molecule has 4 heteroatoms. The molecule has 1 fully saturated rings. The Bertz CT molecular complexity index is 452. The highest BCUT2D eigenvalue weighted by Crippen LogP contribution is 2.31. The highest BCUT2D eigenvalue weighted by molar-refractivity contribution is 5.31. The van der Waals surface area contributed by atoms with E-state index in [2.05, 4.69) is 24.0 Å². The fourth-order valence-corrected chi connectivity index (χ4v) is 3.15. The van der Waals surface area contributed by atoms with Gasteiger partial charge >= 0.3 is 0 Å². The van der Waals surface area contributed by atoms with Crippen molar-refractivity contribution in [3.63, 3.8) is 0 Å². The van der Waals surface area contributed by atoms with Crippen LogP contribution < -0.4 is 10.5 Å². The third kappa shape index (κ3) is 3.96. The fraction of sp³-hybridized carbons (Fsp3) is 0.647. The van der Waals surface area contributed by atoms with Gasteiger partial charge in [-0.05, 0) is 50.9 Å². The van der Waals surface area contributed by atoms with Crippen LogP contribution in [-0.4, -0.2) is 43.9 Å². The van der Waals surface area contributed by atoms with Crippen molar-refractivity contribution >= 4 is 0 Å². The number of hydrogen-bond acceptors (Lipinski definition) is 4. The average Bonchev–Trinajstić information content (AvgIpc) is 2.49. The van der Waals surface area contributed by atoms with Crippen LogP contribution in [0.2, 0.25) is 0 Å². The summed E-state index contributed by atoms with van der Waals surface area (Å²) in [6.45, 7) is 7.46. The predicted octanol–water partition coefficient (Wildman–Crippen LogP) is 2.59. The summed E-state index contributed by atoms with van der Waals surface area (Å²) in [7, 11) is 1.80. The maximum atomic E-state index is 6.07. The third-order valence-corrected chi connectivity index (χ3v) is 4.40. The van der Waals surface area contributed by atoms with Gasteiger partial charge in [-0.3, -0.25) is 4.90 Å². The van der Waals surface area contributed by atoms with Crippen LogP contribution in [0.4, 0.5) is 0 Å². The molecule has 2 rings (SSSR count). The van der Waals surface area contributed by atoms with Crippen molar-refractivity contribution < 1.29 is 9.47 Å². The summed E-state index contributed by atoms with van der Waals surface area (Å²) in [6.07, 6.45) is 2.25. The second-order valence-corrected chi connectivity index (χ2v) is 5.99. The van der Waals surface area contributed by atoms with Gasteiger partial charge in [0.2, 0.25) is 0 Å². The smallest absolute Gasteiger partial charge is 0.119 e. The summed E-state index contributed by atoms with van der Waals surface area (Å²) in [5.74, 6) is 0.917. The molecule has 1 saturated heterocycles. The van der Waals surface area contributed by atoms with E-state index in [1.807, 2.05) is 19.1 Å². The Hall–Kier alpha value is -1.10. The molecule has 0 saturated carbocycles. The molecule has 0 aliphatic carbocycles. The van der Waals surface area contributed by atoms with Gasteiger partial charge < -0.3 is 15.2 Å². The van der Waals surface area contributed by atoms with Crippen LogP contribution in [0, 0.1) is 0 Å². The lowest BCUT2D eigenvalue weighted by Crippen LogP contribution is -2.49. The van der Waals surface area contributed by atoms with Crippen molar-refractivity contribution in [1.82, 2.24) is 4.90 Å². The largest absolute Gasteiger partial charge is 0.494 e. The number of benzene rings is 1. The SMILES string of the molecule is CCOc1cccc(C(CN)N2CCCC(C)(OC)C2)c1. The third-order valence-electron chi connectivity index (χ3n) is 4.40. The first kappa shape index (κ1) is 16.3. The molecule has 0 amide bonds. The Labute approximate surface area is 128 Å². The lowest BCUT2D eigenvalue weighted by Gasteiger charge is -2.43. The summed E-state index contributed by atoms with van der Waals surface area (Å²) in [5, 5.41) is 0. The van der Waals surface area contributed by atoms with Gasteiger partial charge in [-0.25, -0.2) is 0 Å². The number of hydrogen-bond donors (Lipinski definition) is 1. The highest BCUT2D eigenvalue weighted by atomic mass is 16.5. The van der Waals surface area contributed by atoms with E-state index < -0.39 is 0 Å². The first-order valence-corrected chi connectivity index (χ1v) is 7.84. The zero-order chi connectivity index (χ0) is 15.3. The quantitative estimate of drug-likeness (QED) is 0.875. The molecule has 1 heterocycles. The monoisotopic (exact) mass is 292 g/mol. The zero-order valence-electron chi connectivity index (χ0n) is 13.5. The Morgan fingerprint density at radius 3 is 2.90 bits per heavy atom. The molecule has 4 nitrogen and oxygen atoms in total. The van der Waals surface area contributed by atoms with Gasteiger partial charge in [0.25, 0.3) is 0 Å². The topological polar surface area (TPSA) is 47.7 Å². The molecule has 2 unspecified atom stereocenters. The molecule has 1 aliphatic rings. The summed E-state index contributed by atoms with van der Waals surface area (Å²) in [6, 6.07) is 8.51. The molecule has 0 aromatic heterocycles. The number of methoxy groups -OCH3 is 1. The predicted molar refractivity (Wildman–Crippen MR) is 85.6 cm³/mol. The first-order chi connectivity index (χ1) is 10.1. The average molecular weight is 292 g/mol. The van der Waals surface area contributed by atoms with Crippen LogP contribution >= 0.6 is 0 Å². The molecule has 1 aliphatic heterocycles. The number of nitrogens with two attached hydrogens (primary N) is 1. The Morgan fingerprint density at radius 1 is 1.43 bits per heavy atom. The van der Waals surface area contributed by atoms with Crippen LogP contribution in [0.25, 0.3) is 0 Å². The molecular formula is C17H28N2O2.